The average Bonchev–Trinajstić information content (AvgIpc) is 2.12. The third-order valence-corrected chi connectivity index (χ3v) is 1.92. The SMILES string of the molecule is C=C/C(CN)=C(\C=C)CCCC. The topological polar surface area (TPSA) is 26.0 Å². The standard InChI is InChI=1S/C11H19N/c1-4-7-8-10(5-2)11(6-3)9-12/h5-6H,2-4,7-9,12H2,1H3/b11-10-. The zero-order valence-electron chi connectivity index (χ0n) is 7.97. The summed E-state index contributed by atoms with van der Waals surface area (Å²) in [6.07, 6.45) is 7.18. The molecule has 0 aromatic carbocycles. The van der Waals surface area contributed by atoms with Crippen LogP contribution < -0.4 is 5.73 Å². The van der Waals surface area contributed by atoms with Gasteiger partial charge in [-0.2, -0.15) is 0 Å². The van der Waals surface area contributed by atoms with E-state index in [4.69, 9.17) is 5.73 Å². The summed E-state index contributed by atoms with van der Waals surface area (Å²) in [7, 11) is 0. The maximum absolute atomic E-state index is 5.55. The van der Waals surface area contributed by atoms with Crippen molar-refractivity contribution < 1.29 is 0 Å². The van der Waals surface area contributed by atoms with Gasteiger partial charge >= 0.3 is 0 Å². The molecule has 0 aromatic heterocycles. The van der Waals surface area contributed by atoms with Gasteiger partial charge in [0.2, 0.25) is 0 Å². The van der Waals surface area contributed by atoms with Crippen molar-refractivity contribution in [2.45, 2.75) is 26.2 Å². The molecule has 0 aliphatic rings. The van der Waals surface area contributed by atoms with Crippen LogP contribution in [-0.2, 0) is 0 Å². The Kier molecular flexibility index (Phi) is 6.39. The lowest BCUT2D eigenvalue weighted by atomic mass is 10.0. The fraction of sp³-hybridized carbons (Fsp3) is 0.455. The van der Waals surface area contributed by atoms with Crippen molar-refractivity contribution in [1.82, 2.24) is 0 Å². The normalized spacial score (nSPS) is 12.2. The summed E-state index contributed by atoms with van der Waals surface area (Å²) in [6, 6.07) is 0. The van der Waals surface area contributed by atoms with Gasteiger partial charge in [0.25, 0.3) is 0 Å². The lowest BCUT2D eigenvalue weighted by Gasteiger charge is -2.05. The first-order chi connectivity index (χ1) is 5.79. The van der Waals surface area contributed by atoms with Crippen molar-refractivity contribution >= 4 is 0 Å². The largest absolute Gasteiger partial charge is 0.326 e. The molecule has 0 aliphatic carbocycles. The Balaban J connectivity index is 4.34. The Morgan fingerprint density at radius 3 is 2.17 bits per heavy atom. The van der Waals surface area contributed by atoms with Crippen molar-refractivity contribution in [1.29, 1.82) is 0 Å². The smallest absolute Gasteiger partial charge is 0.0180 e. The zero-order valence-corrected chi connectivity index (χ0v) is 7.97. The average molecular weight is 165 g/mol. The maximum Gasteiger partial charge on any atom is 0.0180 e. The van der Waals surface area contributed by atoms with Crippen molar-refractivity contribution in [2.75, 3.05) is 6.54 Å². The molecule has 0 rings (SSSR count). The summed E-state index contributed by atoms with van der Waals surface area (Å²) < 4.78 is 0. The molecule has 0 spiro atoms. The summed E-state index contributed by atoms with van der Waals surface area (Å²) in [5.41, 5.74) is 7.92. The lowest BCUT2D eigenvalue weighted by Crippen LogP contribution is -2.03. The van der Waals surface area contributed by atoms with E-state index < -0.39 is 0 Å². The highest BCUT2D eigenvalue weighted by Gasteiger charge is 1.97. The molecule has 1 heteroatoms. The first kappa shape index (κ1) is 11.2. The molecule has 0 aliphatic heterocycles. The minimum Gasteiger partial charge on any atom is -0.326 e. The van der Waals surface area contributed by atoms with Crippen LogP contribution in [0.4, 0.5) is 0 Å². The minimum atomic E-state index is 0.564. The molecule has 0 radical (unpaired) electrons. The Hall–Kier alpha value is -0.820. The quantitative estimate of drug-likeness (QED) is 0.602. The van der Waals surface area contributed by atoms with Gasteiger partial charge in [-0.3, -0.25) is 0 Å². The highest BCUT2D eigenvalue weighted by atomic mass is 14.5. The van der Waals surface area contributed by atoms with Crippen LogP contribution in [0, 0.1) is 0 Å². The Labute approximate surface area is 75.7 Å². The molecule has 0 heterocycles. The molecule has 0 bridgehead atoms. The van der Waals surface area contributed by atoms with Gasteiger partial charge in [-0.25, -0.2) is 0 Å². The van der Waals surface area contributed by atoms with E-state index in [9.17, 15) is 0 Å². The highest BCUT2D eigenvalue weighted by Crippen LogP contribution is 2.13. The van der Waals surface area contributed by atoms with Crippen molar-refractivity contribution in [3.05, 3.63) is 36.5 Å². The Morgan fingerprint density at radius 2 is 1.83 bits per heavy atom. The number of rotatable bonds is 6. The van der Waals surface area contributed by atoms with E-state index in [0.717, 1.165) is 12.0 Å². The monoisotopic (exact) mass is 165 g/mol. The number of unbranched alkanes of at least 4 members (excludes halogenated alkanes) is 1. The molecule has 0 unspecified atom stereocenters. The van der Waals surface area contributed by atoms with Gasteiger partial charge < -0.3 is 5.73 Å². The molecule has 12 heavy (non-hydrogen) atoms. The van der Waals surface area contributed by atoms with Gasteiger partial charge in [0.1, 0.15) is 0 Å². The molecule has 0 saturated carbocycles. The van der Waals surface area contributed by atoms with Crippen LogP contribution in [0.2, 0.25) is 0 Å². The predicted octanol–water partition coefficient (Wildman–Crippen LogP) is 2.80. The van der Waals surface area contributed by atoms with Crippen LogP contribution in [0.15, 0.2) is 36.5 Å². The van der Waals surface area contributed by atoms with Crippen LogP contribution in [0.5, 0.6) is 0 Å². The van der Waals surface area contributed by atoms with E-state index in [1.165, 1.54) is 18.4 Å². The van der Waals surface area contributed by atoms with Gasteiger partial charge in [0.15, 0.2) is 0 Å². The Morgan fingerprint density at radius 1 is 1.25 bits per heavy atom. The van der Waals surface area contributed by atoms with E-state index in [2.05, 4.69) is 20.1 Å². The van der Waals surface area contributed by atoms with Crippen molar-refractivity contribution in [3.8, 4) is 0 Å². The predicted molar refractivity (Wildman–Crippen MR) is 56.0 cm³/mol. The van der Waals surface area contributed by atoms with E-state index >= 15 is 0 Å². The van der Waals surface area contributed by atoms with Gasteiger partial charge in [-0.1, -0.05) is 38.7 Å². The highest BCUT2D eigenvalue weighted by molar-refractivity contribution is 5.32. The van der Waals surface area contributed by atoms with Crippen LogP contribution >= 0.6 is 0 Å². The molecule has 2 N–H and O–H groups in total. The van der Waals surface area contributed by atoms with E-state index in [-0.39, 0.29) is 0 Å². The molecule has 0 atom stereocenters. The van der Waals surface area contributed by atoms with E-state index in [0.29, 0.717) is 6.54 Å². The molecule has 0 amide bonds. The maximum atomic E-state index is 5.55. The van der Waals surface area contributed by atoms with Gasteiger partial charge in [0, 0.05) is 6.54 Å². The molecule has 0 aromatic rings. The summed E-state index contributed by atoms with van der Waals surface area (Å²) in [4.78, 5) is 0. The second-order valence-corrected chi connectivity index (χ2v) is 2.77. The summed E-state index contributed by atoms with van der Waals surface area (Å²) in [5, 5.41) is 0. The van der Waals surface area contributed by atoms with Crippen LogP contribution in [0.25, 0.3) is 0 Å². The van der Waals surface area contributed by atoms with E-state index in [1.54, 1.807) is 0 Å². The third kappa shape index (κ3) is 3.54. The van der Waals surface area contributed by atoms with Crippen molar-refractivity contribution in [2.24, 2.45) is 5.73 Å². The molecule has 0 saturated heterocycles. The lowest BCUT2D eigenvalue weighted by molar-refractivity contribution is 0.792. The number of allylic oxidation sites excluding steroid dienone is 2. The molecule has 68 valence electrons. The second-order valence-electron chi connectivity index (χ2n) is 2.77. The van der Waals surface area contributed by atoms with Gasteiger partial charge in [-0.15, -0.1) is 0 Å². The van der Waals surface area contributed by atoms with Crippen LogP contribution in [0.3, 0.4) is 0 Å². The fourth-order valence-electron chi connectivity index (χ4n) is 1.11. The second kappa shape index (κ2) is 6.86. The minimum absolute atomic E-state index is 0.564. The summed E-state index contributed by atoms with van der Waals surface area (Å²) in [5.74, 6) is 0. The van der Waals surface area contributed by atoms with Crippen LogP contribution in [-0.4, -0.2) is 6.54 Å². The number of hydrogen-bond donors (Lipinski definition) is 1. The zero-order chi connectivity index (χ0) is 9.40. The Bertz CT molecular complexity index is 177. The van der Waals surface area contributed by atoms with Gasteiger partial charge in [0.05, 0.1) is 0 Å². The fourth-order valence-corrected chi connectivity index (χ4v) is 1.11. The van der Waals surface area contributed by atoms with E-state index in [1.807, 2.05) is 12.2 Å². The molecule has 1 nitrogen and oxygen atoms in total. The molecular formula is C11H19N. The first-order valence-electron chi connectivity index (χ1n) is 4.47. The van der Waals surface area contributed by atoms with Crippen LogP contribution in [0.1, 0.15) is 26.2 Å². The summed E-state index contributed by atoms with van der Waals surface area (Å²) in [6.45, 7) is 10.2. The van der Waals surface area contributed by atoms with Gasteiger partial charge in [-0.05, 0) is 24.0 Å². The summed E-state index contributed by atoms with van der Waals surface area (Å²) >= 11 is 0. The number of hydrogen-bond acceptors (Lipinski definition) is 1. The van der Waals surface area contributed by atoms with Crippen molar-refractivity contribution in [3.63, 3.8) is 0 Å². The molecular weight excluding hydrogens is 146 g/mol. The first-order valence-corrected chi connectivity index (χ1v) is 4.47. The molecule has 0 fully saturated rings. The number of nitrogens with two attached hydrogens (primary N) is 1. The third-order valence-electron chi connectivity index (χ3n) is 1.92.